The lowest BCUT2D eigenvalue weighted by Crippen LogP contribution is -2.18. The fourth-order valence-corrected chi connectivity index (χ4v) is 3.59. The molecule has 1 aliphatic carbocycles. The first-order valence-electron chi connectivity index (χ1n) is 5.88. The summed E-state index contributed by atoms with van der Waals surface area (Å²) in [6.45, 7) is 0. The largest absolute Gasteiger partial charge is 0.298 e. The molecule has 0 aliphatic heterocycles. The maximum Gasteiger partial charge on any atom is 0.149 e. The van der Waals surface area contributed by atoms with Crippen LogP contribution in [0.25, 0.3) is 10.1 Å². The van der Waals surface area contributed by atoms with Crippen LogP contribution in [0, 0.1) is 5.92 Å². The zero-order valence-corrected chi connectivity index (χ0v) is 11.8. The monoisotopic (exact) mass is 308 g/mol. The van der Waals surface area contributed by atoms with E-state index in [0.717, 1.165) is 19.3 Å². The van der Waals surface area contributed by atoms with Crippen molar-refractivity contribution in [3.63, 3.8) is 0 Å². The van der Waals surface area contributed by atoms with E-state index >= 15 is 0 Å². The van der Waals surface area contributed by atoms with E-state index in [-0.39, 0.29) is 4.83 Å². The molecular weight excluding hydrogens is 296 g/mol. The van der Waals surface area contributed by atoms with Crippen molar-refractivity contribution in [3.05, 3.63) is 35.2 Å². The fourth-order valence-electron chi connectivity index (χ4n) is 2.07. The highest BCUT2D eigenvalue weighted by Crippen LogP contribution is 2.33. The van der Waals surface area contributed by atoms with Gasteiger partial charge < -0.3 is 0 Å². The molecule has 0 amide bonds. The molecule has 0 radical (unpaired) electrons. The lowest BCUT2D eigenvalue weighted by atomic mass is 10.0. The van der Waals surface area contributed by atoms with Crippen LogP contribution in [0.3, 0.4) is 0 Å². The number of rotatable bonds is 4. The molecule has 0 spiro atoms. The average Bonchev–Trinajstić information content (AvgIpc) is 3.07. The Balaban J connectivity index is 1.76. The van der Waals surface area contributed by atoms with Crippen LogP contribution in [0.5, 0.6) is 0 Å². The molecule has 2 aromatic rings. The Bertz CT molecular complexity index is 556. The van der Waals surface area contributed by atoms with Crippen LogP contribution in [0.15, 0.2) is 29.6 Å². The number of carbonyl (C=O) groups excluding carboxylic acids is 1. The van der Waals surface area contributed by atoms with E-state index in [1.54, 1.807) is 11.3 Å². The third-order valence-corrected chi connectivity index (χ3v) is 4.89. The van der Waals surface area contributed by atoms with Crippen molar-refractivity contribution in [2.24, 2.45) is 5.92 Å². The molecule has 1 aromatic heterocycles. The molecule has 1 saturated carbocycles. The van der Waals surface area contributed by atoms with Gasteiger partial charge in [0.1, 0.15) is 5.78 Å². The average molecular weight is 309 g/mol. The van der Waals surface area contributed by atoms with E-state index in [2.05, 4.69) is 45.6 Å². The molecule has 88 valence electrons. The van der Waals surface area contributed by atoms with Gasteiger partial charge in [0, 0.05) is 10.6 Å². The zero-order chi connectivity index (χ0) is 11.8. The van der Waals surface area contributed by atoms with Crippen LogP contribution >= 0.6 is 27.3 Å². The molecule has 0 saturated heterocycles. The predicted molar refractivity (Wildman–Crippen MR) is 76.0 cm³/mol. The molecule has 1 nitrogen and oxygen atoms in total. The number of alkyl halides is 1. The second kappa shape index (κ2) is 4.54. The first-order chi connectivity index (χ1) is 8.24. The van der Waals surface area contributed by atoms with Gasteiger partial charge in [0.15, 0.2) is 0 Å². The topological polar surface area (TPSA) is 17.1 Å². The van der Waals surface area contributed by atoms with Gasteiger partial charge in [-0.15, -0.1) is 11.3 Å². The van der Waals surface area contributed by atoms with E-state index in [1.807, 2.05) is 0 Å². The van der Waals surface area contributed by atoms with Gasteiger partial charge in [0.2, 0.25) is 0 Å². The summed E-state index contributed by atoms with van der Waals surface area (Å²) in [7, 11) is 0. The van der Waals surface area contributed by atoms with Crippen molar-refractivity contribution >= 4 is 43.1 Å². The Morgan fingerprint density at radius 2 is 2.24 bits per heavy atom. The Labute approximate surface area is 113 Å². The number of halogens is 1. The quantitative estimate of drug-likeness (QED) is 0.774. The van der Waals surface area contributed by atoms with Crippen molar-refractivity contribution in [3.8, 4) is 0 Å². The summed E-state index contributed by atoms with van der Waals surface area (Å²) in [4.78, 5) is 11.9. The number of Topliss-reactive ketones (excluding diaryl/α,β-unsaturated/α-hetero) is 1. The molecule has 1 aromatic carbocycles. The van der Waals surface area contributed by atoms with E-state index in [9.17, 15) is 4.79 Å². The van der Waals surface area contributed by atoms with Gasteiger partial charge in [0.05, 0.1) is 4.83 Å². The number of ketones is 1. The van der Waals surface area contributed by atoms with Gasteiger partial charge >= 0.3 is 0 Å². The molecular formula is C14H13BrOS. The number of fused-ring (bicyclic) bond motifs is 1. The Morgan fingerprint density at radius 1 is 1.41 bits per heavy atom. The summed E-state index contributed by atoms with van der Waals surface area (Å²) in [5, 5.41) is 3.39. The molecule has 1 unspecified atom stereocenters. The third-order valence-electron chi connectivity index (χ3n) is 3.22. The highest BCUT2D eigenvalue weighted by atomic mass is 79.9. The number of hydrogen-bond donors (Lipinski definition) is 0. The van der Waals surface area contributed by atoms with Crippen LogP contribution in [0.2, 0.25) is 0 Å². The van der Waals surface area contributed by atoms with Gasteiger partial charge in [0.25, 0.3) is 0 Å². The van der Waals surface area contributed by atoms with E-state index < -0.39 is 0 Å². The number of thiophene rings is 1. The molecule has 0 bridgehead atoms. The normalized spacial score (nSPS) is 17.2. The standard InChI is InChI=1S/C14H13BrOS/c15-12(14(16)10-2-3-10)8-9-1-4-13-11(7-9)5-6-17-13/h1,4-7,10,12H,2-3,8H2. The van der Waals surface area contributed by atoms with Gasteiger partial charge in [-0.2, -0.15) is 0 Å². The zero-order valence-electron chi connectivity index (χ0n) is 9.36. The second-order valence-corrected chi connectivity index (χ2v) is 6.69. The van der Waals surface area contributed by atoms with E-state index in [1.165, 1.54) is 15.6 Å². The van der Waals surface area contributed by atoms with Crippen molar-refractivity contribution in [1.29, 1.82) is 0 Å². The van der Waals surface area contributed by atoms with Crippen LogP contribution in [-0.2, 0) is 11.2 Å². The van der Waals surface area contributed by atoms with Crippen LogP contribution in [0.1, 0.15) is 18.4 Å². The smallest absolute Gasteiger partial charge is 0.149 e. The van der Waals surface area contributed by atoms with Crippen molar-refractivity contribution in [2.75, 3.05) is 0 Å². The predicted octanol–water partition coefficient (Wildman–Crippen LogP) is 4.19. The highest BCUT2D eigenvalue weighted by Gasteiger charge is 2.33. The van der Waals surface area contributed by atoms with Crippen LogP contribution < -0.4 is 0 Å². The molecule has 1 heterocycles. The summed E-state index contributed by atoms with van der Waals surface area (Å²) >= 11 is 5.29. The molecule has 3 heteroatoms. The maximum atomic E-state index is 11.9. The molecule has 3 rings (SSSR count). The van der Waals surface area contributed by atoms with Crippen molar-refractivity contribution < 1.29 is 4.79 Å². The van der Waals surface area contributed by atoms with Crippen LogP contribution in [-0.4, -0.2) is 10.6 Å². The fraction of sp³-hybridized carbons (Fsp3) is 0.357. The minimum absolute atomic E-state index is 0.00825. The SMILES string of the molecule is O=C(C(Br)Cc1ccc2sccc2c1)C1CC1. The van der Waals surface area contributed by atoms with E-state index in [0.29, 0.717) is 11.7 Å². The minimum atomic E-state index is -0.00825. The highest BCUT2D eigenvalue weighted by molar-refractivity contribution is 9.10. The number of hydrogen-bond acceptors (Lipinski definition) is 2. The Kier molecular flexibility index (Phi) is 3.05. The van der Waals surface area contributed by atoms with Gasteiger partial charge in [-0.25, -0.2) is 0 Å². The molecule has 17 heavy (non-hydrogen) atoms. The minimum Gasteiger partial charge on any atom is -0.298 e. The van der Waals surface area contributed by atoms with Crippen LogP contribution in [0.4, 0.5) is 0 Å². The molecule has 1 aliphatic rings. The maximum absolute atomic E-state index is 11.9. The van der Waals surface area contributed by atoms with Gasteiger partial charge in [-0.3, -0.25) is 4.79 Å². The van der Waals surface area contributed by atoms with Crippen molar-refractivity contribution in [2.45, 2.75) is 24.1 Å². The Morgan fingerprint density at radius 3 is 3.00 bits per heavy atom. The molecule has 0 N–H and O–H groups in total. The first kappa shape index (κ1) is 11.4. The molecule has 1 atom stereocenters. The number of carbonyl (C=O) groups is 1. The van der Waals surface area contributed by atoms with Gasteiger partial charge in [-0.05, 0) is 47.7 Å². The van der Waals surface area contributed by atoms with E-state index in [4.69, 9.17) is 0 Å². The second-order valence-electron chi connectivity index (χ2n) is 4.64. The van der Waals surface area contributed by atoms with Crippen molar-refractivity contribution in [1.82, 2.24) is 0 Å². The molecule has 1 fully saturated rings. The Hall–Kier alpha value is -0.670. The summed E-state index contributed by atoms with van der Waals surface area (Å²) in [6, 6.07) is 8.61. The number of benzene rings is 1. The first-order valence-corrected chi connectivity index (χ1v) is 7.67. The van der Waals surface area contributed by atoms with Gasteiger partial charge in [-0.1, -0.05) is 28.1 Å². The third kappa shape index (κ3) is 2.45. The summed E-state index contributed by atoms with van der Waals surface area (Å²) in [5.74, 6) is 0.722. The lowest BCUT2D eigenvalue weighted by Gasteiger charge is -2.08. The summed E-state index contributed by atoms with van der Waals surface area (Å²) in [5.41, 5.74) is 1.24. The summed E-state index contributed by atoms with van der Waals surface area (Å²) in [6.07, 6.45) is 2.98. The summed E-state index contributed by atoms with van der Waals surface area (Å²) < 4.78 is 1.31. The lowest BCUT2D eigenvalue weighted by molar-refractivity contribution is -0.119.